The number of para-hydroxylation sites is 1. The Labute approximate surface area is 184 Å². The Bertz CT molecular complexity index is 1220. The maximum absolute atomic E-state index is 13.4. The maximum Gasteiger partial charge on any atom is 0.357 e. The van der Waals surface area contributed by atoms with Crippen molar-refractivity contribution in [3.8, 4) is 0 Å². The molecule has 9 nitrogen and oxygen atoms in total. The van der Waals surface area contributed by atoms with Crippen molar-refractivity contribution in [1.82, 2.24) is 9.47 Å². The number of anilines is 1. The van der Waals surface area contributed by atoms with Crippen molar-refractivity contribution in [3.05, 3.63) is 68.9 Å². The second-order valence-corrected chi connectivity index (χ2v) is 8.34. The minimum absolute atomic E-state index is 0.0112. The summed E-state index contributed by atoms with van der Waals surface area (Å²) in [5.41, 5.74) is 0.181. The van der Waals surface area contributed by atoms with Crippen molar-refractivity contribution in [2.24, 2.45) is 0 Å². The van der Waals surface area contributed by atoms with E-state index in [1.165, 1.54) is 6.26 Å². The van der Waals surface area contributed by atoms with Crippen LogP contribution in [0.1, 0.15) is 42.3 Å². The SMILES string of the molecule is O=C(c1ccco1)N1CCN(c2c([N+](=O)[O-])c(=O)n(C3CCCC3)c3ccccc23)CC1. The quantitative estimate of drug-likeness (QED) is 0.458. The lowest BCUT2D eigenvalue weighted by molar-refractivity contribution is -0.385. The Morgan fingerprint density at radius 2 is 1.75 bits per heavy atom. The number of nitrogens with zero attached hydrogens (tertiary/aromatic N) is 4. The van der Waals surface area contributed by atoms with E-state index in [1.54, 1.807) is 21.6 Å². The van der Waals surface area contributed by atoms with Gasteiger partial charge in [-0.05, 0) is 31.0 Å². The number of benzene rings is 1. The van der Waals surface area contributed by atoms with Gasteiger partial charge >= 0.3 is 11.2 Å². The molecular weight excluding hydrogens is 412 g/mol. The van der Waals surface area contributed by atoms with Crippen LogP contribution in [0, 0.1) is 10.1 Å². The van der Waals surface area contributed by atoms with Crippen LogP contribution in [0.2, 0.25) is 0 Å². The molecule has 1 aromatic carbocycles. The maximum atomic E-state index is 13.4. The summed E-state index contributed by atoms with van der Waals surface area (Å²) in [4.78, 5) is 41.1. The average Bonchev–Trinajstić information content (AvgIpc) is 3.52. The lowest BCUT2D eigenvalue weighted by atomic mass is 10.1. The molecule has 3 aromatic rings. The molecule has 1 saturated heterocycles. The van der Waals surface area contributed by atoms with Crippen molar-refractivity contribution in [1.29, 1.82) is 0 Å². The van der Waals surface area contributed by atoms with Crippen LogP contribution < -0.4 is 10.5 Å². The van der Waals surface area contributed by atoms with Crippen LogP contribution in [0.25, 0.3) is 10.9 Å². The molecule has 0 atom stereocenters. The third-order valence-corrected chi connectivity index (χ3v) is 6.55. The van der Waals surface area contributed by atoms with Gasteiger partial charge in [-0.3, -0.25) is 24.3 Å². The number of carbonyl (C=O) groups excluding carboxylic acids is 1. The largest absolute Gasteiger partial charge is 0.459 e. The predicted octanol–water partition coefficient (Wildman–Crippen LogP) is 3.58. The molecule has 0 radical (unpaired) electrons. The molecule has 2 aromatic heterocycles. The molecule has 0 unspecified atom stereocenters. The number of amides is 1. The van der Waals surface area contributed by atoms with E-state index in [0.717, 1.165) is 31.2 Å². The molecule has 1 aliphatic carbocycles. The standard InChI is InChI=1S/C23H24N4O5/c28-22(19-10-5-15-32-19)25-13-11-24(12-14-25)20-17-8-3-4-9-18(17)26(16-6-1-2-7-16)23(29)21(20)27(30)31/h3-5,8-10,15-16H,1-2,6-7,11-14H2. The van der Waals surface area contributed by atoms with Gasteiger partial charge in [-0.1, -0.05) is 31.0 Å². The topological polar surface area (TPSA) is 102 Å². The van der Waals surface area contributed by atoms with E-state index in [9.17, 15) is 19.7 Å². The Hall–Kier alpha value is -3.62. The Balaban J connectivity index is 1.55. The molecule has 1 aliphatic heterocycles. The van der Waals surface area contributed by atoms with Crippen LogP contribution in [0.4, 0.5) is 11.4 Å². The van der Waals surface area contributed by atoms with Crippen LogP contribution in [-0.2, 0) is 0 Å². The van der Waals surface area contributed by atoms with Crippen LogP contribution in [0.3, 0.4) is 0 Å². The molecule has 166 valence electrons. The monoisotopic (exact) mass is 436 g/mol. The van der Waals surface area contributed by atoms with E-state index in [0.29, 0.717) is 37.3 Å². The third kappa shape index (κ3) is 3.34. The van der Waals surface area contributed by atoms with Gasteiger partial charge in [-0.2, -0.15) is 0 Å². The Kier molecular flexibility index (Phi) is 5.16. The summed E-state index contributed by atoms with van der Waals surface area (Å²) in [5, 5.41) is 12.8. The van der Waals surface area contributed by atoms with Crippen LogP contribution in [0.15, 0.2) is 51.9 Å². The number of hydrogen-bond donors (Lipinski definition) is 0. The number of aromatic nitrogens is 1. The van der Waals surface area contributed by atoms with Gasteiger partial charge in [0.25, 0.3) is 5.91 Å². The minimum atomic E-state index is -0.546. The molecule has 1 amide bonds. The van der Waals surface area contributed by atoms with Gasteiger partial charge < -0.3 is 14.2 Å². The second kappa shape index (κ2) is 8.14. The fraction of sp³-hybridized carbons (Fsp3) is 0.391. The van der Waals surface area contributed by atoms with Crippen LogP contribution in [0.5, 0.6) is 0 Å². The van der Waals surface area contributed by atoms with Gasteiger partial charge in [0.1, 0.15) is 5.69 Å². The molecular formula is C23H24N4O5. The van der Waals surface area contributed by atoms with Crippen molar-refractivity contribution in [2.75, 3.05) is 31.1 Å². The van der Waals surface area contributed by atoms with Gasteiger partial charge in [0.2, 0.25) is 0 Å². The Morgan fingerprint density at radius 1 is 1.03 bits per heavy atom. The zero-order valence-electron chi connectivity index (χ0n) is 17.6. The fourth-order valence-electron chi connectivity index (χ4n) is 5.04. The lowest BCUT2D eigenvalue weighted by Crippen LogP contribution is -2.49. The minimum Gasteiger partial charge on any atom is -0.459 e. The number of nitro groups is 1. The number of piperazine rings is 1. The van der Waals surface area contributed by atoms with E-state index in [-0.39, 0.29) is 23.4 Å². The highest BCUT2D eigenvalue weighted by atomic mass is 16.6. The number of furan rings is 1. The first-order valence-electron chi connectivity index (χ1n) is 11.0. The zero-order chi connectivity index (χ0) is 22.2. The molecule has 2 fully saturated rings. The highest BCUT2D eigenvalue weighted by Crippen LogP contribution is 2.38. The summed E-state index contributed by atoms with van der Waals surface area (Å²) >= 11 is 0. The number of hydrogen-bond acceptors (Lipinski definition) is 6. The van der Waals surface area contributed by atoms with E-state index in [4.69, 9.17) is 4.42 Å². The van der Waals surface area contributed by atoms with Gasteiger partial charge in [-0.15, -0.1) is 0 Å². The molecule has 32 heavy (non-hydrogen) atoms. The molecule has 1 saturated carbocycles. The Morgan fingerprint density at radius 3 is 2.41 bits per heavy atom. The highest BCUT2D eigenvalue weighted by Gasteiger charge is 2.34. The van der Waals surface area contributed by atoms with Gasteiger partial charge in [0, 0.05) is 37.6 Å². The molecule has 0 spiro atoms. The zero-order valence-corrected chi connectivity index (χ0v) is 17.6. The lowest BCUT2D eigenvalue weighted by Gasteiger charge is -2.36. The average molecular weight is 436 g/mol. The first kappa shape index (κ1) is 20.3. The highest BCUT2D eigenvalue weighted by molar-refractivity contribution is 5.97. The second-order valence-electron chi connectivity index (χ2n) is 8.34. The summed E-state index contributed by atoms with van der Waals surface area (Å²) in [6.45, 7) is 1.56. The number of pyridine rings is 1. The molecule has 3 heterocycles. The van der Waals surface area contributed by atoms with E-state index in [1.807, 2.05) is 29.2 Å². The van der Waals surface area contributed by atoms with E-state index >= 15 is 0 Å². The molecule has 9 heteroatoms. The third-order valence-electron chi connectivity index (χ3n) is 6.55. The summed E-state index contributed by atoms with van der Waals surface area (Å²) in [5.74, 6) is 0.0692. The fourth-order valence-corrected chi connectivity index (χ4v) is 5.04. The summed E-state index contributed by atoms with van der Waals surface area (Å²) in [7, 11) is 0. The predicted molar refractivity (Wildman–Crippen MR) is 119 cm³/mol. The first-order chi connectivity index (χ1) is 15.6. The van der Waals surface area contributed by atoms with Gasteiger partial charge in [0.05, 0.1) is 16.7 Å². The van der Waals surface area contributed by atoms with Crippen LogP contribution in [-0.4, -0.2) is 46.5 Å². The number of rotatable bonds is 4. The van der Waals surface area contributed by atoms with Gasteiger partial charge in [0.15, 0.2) is 5.76 Å². The molecule has 5 rings (SSSR count). The smallest absolute Gasteiger partial charge is 0.357 e. The van der Waals surface area contributed by atoms with Crippen molar-refractivity contribution in [2.45, 2.75) is 31.7 Å². The normalized spacial score (nSPS) is 17.2. The van der Waals surface area contributed by atoms with Crippen molar-refractivity contribution < 1.29 is 14.1 Å². The summed E-state index contributed by atoms with van der Waals surface area (Å²) in [6, 6.07) is 10.7. The van der Waals surface area contributed by atoms with Crippen molar-refractivity contribution in [3.63, 3.8) is 0 Å². The number of carbonyl (C=O) groups is 1. The molecule has 2 aliphatic rings. The first-order valence-corrected chi connectivity index (χ1v) is 11.0. The van der Waals surface area contributed by atoms with Crippen molar-refractivity contribution >= 4 is 28.2 Å². The summed E-state index contributed by atoms with van der Waals surface area (Å²) < 4.78 is 6.85. The summed E-state index contributed by atoms with van der Waals surface area (Å²) in [6.07, 6.45) is 5.21. The van der Waals surface area contributed by atoms with E-state index < -0.39 is 10.5 Å². The molecule has 0 N–H and O–H groups in total. The van der Waals surface area contributed by atoms with Gasteiger partial charge in [-0.25, -0.2) is 0 Å². The number of fused-ring (bicyclic) bond motifs is 1. The van der Waals surface area contributed by atoms with Crippen LogP contribution >= 0.6 is 0 Å². The molecule has 0 bridgehead atoms. The van der Waals surface area contributed by atoms with E-state index in [2.05, 4.69) is 0 Å².